The van der Waals surface area contributed by atoms with Gasteiger partial charge < -0.3 is 0 Å². The number of tetrazole rings is 1. The Morgan fingerprint density at radius 2 is 1.85 bits per heavy atom. The highest BCUT2D eigenvalue weighted by Gasteiger charge is 2.16. The molecule has 134 valence electrons. The number of ketones is 1. The van der Waals surface area contributed by atoms with Crippen molar-refractivity contribution in [1.29, 1.82) is 0 Å². The first-order valence-electron chi connectivity index (χ1n) is 8.01. The number of Topliss-reactive ketones (excluding diaryl/α,β-unsaturated/α-hetero) is 1. The molecule has 1 aromatic heterocycles. The first-order chi connectivity index (χ1) is 13.1. The molecule has 0 amide bonds. The molecule has 0 N–H and O–H groups in total. The van der Waals surface area contributed by atoms with Crippen molar-refractivity contribution in [3.05, 3.63) is 76.3 Å². The monoisotopic (exact) mass is 414 g/mol. The number of carbonyl (C=O) groups is 1. The lowest BCUT2D eigenvalue weighted by molar-refractivity contribution is 0.102. The van der Waals surface area contributed by atoms with E-state index < -0.39 is 0 Å². The maximum atomic E-state index is 12.5. The fraction of sp³-hybridized carbons (Fsp3) is 0.0526. The molecule has 3 aromatic carbocycles. The fourth-order valence-corrected chi connectivity index (χ4v) is 4.02. The smallest absolute Gasteiger partial charge is 0.214 e. The number of aromatic nitrogens is 4. The van der Waals surface area contributed by atoms with Gasteiger partial charge in [0.2, 0.25) is 5.16 Å². The van der Waals surface area contributed by atoms with Gasteiger partial charge in [0.25, 0.3) is 0 Å². The zero-order valence-corrected chi connectivity index (χ0v) is 16.2. The molecule has 0 atom stereocenters. The zero-order chi connectivity index (χ0) is 18.8. The van der Waals surface area contributed by atoms with Crippen LogP contribution in [0.15, 0.2) is 65.8 Å². The number of hydrogen-bond donors (Lipinski definition) is 0. The van der Waals surface area contributed by atoms with E-state index in [1.807, 2.05) is 42.5 Å². The predicted octanol–water partition coefficient (Wildman–Crippen LogP) is 5.10. The van der Waals surface area contributed by atoms with Gasteiger partial charge in [-0.15, -0.1) is 5.10 Å². The summed E-state index contributed by atoms with van der Waals surface area (Å²) < 4.78 is 1.64. The molecular weight excluding hydrogens is 403 g/mol. The summed E-state index contributed by atoms with van der Waals surface area (Å²) in [7, 11) is 0. The minimum absolute atomic E-state index is 0.117. The second-order valence-electron chi connectivity index (χ2n) is 5.71. The Balaban J connectivity index is 1.60. The average Bonchev–Trinajstić information content (AvgIpc) is 3.14. The number of carbonyl (C=O) groups excluding carboxylic acids is 1. The molecule has 0 saturated heterocycles. The third kappa shape index (κ3) is 3.69. The summed E-state index contributed by atoms with van der Waals surface area (Å²) in [6, 6.07) is 18.7. The molecule has 0 unspecified atom stereocenters. The Bertz CT molecular complexity index is 1140. The average molecular weight is 415 g/mol. The van der Waals surface area contributed by atoms with E-state index in [2.05, 4.69) is 15.5 Å². The van der Waals surface area contributed by atoms with Gasteiger partial charge in [0.1, 0.15) is 0 Å². The van der Waals surface area contributed by atoms with Crippen LogP contribution in [0, 0.1) is 0 Å². The van der Waals surface area contributed by atoms with Crippen LogP contribution in [0.25, 0.3) is 16.5 Å². The third-order valence-corrected chi connectivity index (χ3v) is 5.47. The fourth-order valence-electron chi connectivity index (χ4n) is 2.74. The number of halogens is 2. The minimum atomic E-state index is -0.117. The molecule has 0 radical (unpaired) electrons. The molecule has 8 heteroatoms. The lowest BCUT2D eigenvalue weighted by atomic mass is 10.1. The minimum Gasteiger partial charge on any atom is -0.293 e. The van der Waals surface area contributed by atoms with Gasteiger partial charge in [0, 0.05) is 16.0 Å². The van der Waals surface area contributed by atoms with Crippen LogP contribution in [0.2, 0.25) is 10.0 Å². The van der Waals surface area contributed by atoms with Gasteiger partial charge >= 0.3 is 0 Å². The van der Waals surface area contributed by atoms with Gasteiger partial charge in [-0.05, 0) is 40.1 Å². The Kier molecular flexibility index (Phi) is 5.11. The van der Waals surface area contributed by atoms with E-state index in [1.54, 1.807) is 22.9 Å². The van der Waals surface area contributed by atoms with Crippen molar-refractivity contribution < 1.29 is 4.79 Å². The van der Waals surface area contributed by atoms with E-state index in [1.165, 1.54) is 11.8 Å². The Morgan fingerprint density at radius 3 is 2.70 bits per heavy atom. The first-order valence-corrected chi connectivity index (χ1v) is 9.75. The van der Waals surface area contributed by atoms with Gasteiger partial charge in [-0.3, -0.25) is 4.79 Å². The molecule has 0 aliphatic heterocycles. The van der Waals surface area contributed by atoms with Crippen LogP contribution in [0.4, 0.5) is 0 Å². The van der Waals surface area contributed by atoms with Crippen LogP contribution in [-0.2, 0) is 0 Å². The summed E-state index contributed by atoms with van der Waals surface area (Å²) in [5.74, 6) is 0.0427. The molecule has 5 nitrogen and oxygen atoms in total. The number of benzene rings is 3. The zero-order valence-electron chi connectivity index (χ0n) is 13.8. The number of hydrogen-bond acceptors (Lipinski definition) is 5. The van der Waals surface area contributed by atoms with Crippen LogP contribution in [0.5, 0.6) is 0 Å². The third-order valence-electron chi connectivity index (χ3n) is 4.00. The summed E-state index contributed by atoms with van der Waals surface area (Å²) in [6.07, 6.45) is 0. The normalized spacial score (nSPS) is 11.0. The summed E-state index contributed by atoms with van der Waals surface area (Å²) in [6.45, 7) is 0. The van der Waals surface area contributed by atoms with Gasteiger partial charge in [0.05, 0.1) is 16.5 Å². The maximum absolute atomic E-state index is 12.5. The van der Waals surface area contributed by atoms with E-state index >= 15 is 0 Å². The van der Waals surface area contributed by atoms with Gasteiger partial charge in [-0.2, -0.15) is 4.68 Å². The highest BCUT2D eigenvalue weighted by Crippen LogP contribution is 2.27. The standard InChI is InChI=1S/C19H12Cl2N4OS/c20-13-8-9-15(16(21)10-13)18(26)11-27-19-22-23-24-25(19)17-7-3-5-12-4-1-2-6-14(12)17/h1-10H,11H2. The highest BCUT2D eigenvalue weighted by molar-refractivity contribution is 7.99. The lowest BCUT2D eigenvalue weighted by Gasteiger charge is -2.08. The van der Waals surface area contributed by atoms with Crippen LogP contribution in [0.1, 0.15) is 10.4 Å². The summed E-state index contributed by atoms with van der Waals surface area (Å²) in [5.41, 5.74) is 1.29. The van der Waals surface area contributed by atoms with Crippen LogP contribution in [0.3, 0.4) is 0 Å². The quantitative estimate of drug-likeness (QED) is 0.335. The molecule has 27 heavy (non-hydrogen) atoms. The van der Waals surface area contributed by atoms with Crippen molar-refractivity contribution in [2.45, 2.75) is 5.16 Å². The number of fused-ring (bicyclic) bond motifs is 1. The number of rotatable bonds is 5. The topological polar surface area (TPSA) is 60.7 Å². The van der Waals surface area contributed by atoms with E-state index in [0.29, 0.717) is 20.8 Å². The Labute approximate surface area is 169 Å². The summed E-state index contributed by atoms with van der Waals surface area (Å²) >= 11 is 13.3. The van der Waals surface area contributed by atoms with Gasteiger partial charge in [-0.1, -0.05) is 71.4 Å². The molecular formula is C19H12Cl2N4OS. The molecule has 0 fully saturated rings. The molecule has 0 spiro atoms. The van der Waals surface area contributed by atoms with E-state index in [0.717, 1.165) is 16.5 Å². The predicted molar refractivity (Wildman–Crippen MR) is 108 cm³/mol. The Morgan fingerprint density at radius 1 is 1.04 bits per heavy atom. The van der Waals surface area contributed by atoms with E-state index in [-0.39, 0.29) is 11.5 Å². The molecule has 0 aliphatic rings. The molecule has 0 bridgehead atoms. The largest absolute Gasteiger partial charge is 0.293 e. The van der Waals surface area contributed by atoms with E-state index in [9.17, 15) is 4.79 Å². The maximum Gasteiger partial charge on any atom is 0.214 e. The second kappa shape index (κ2) is 7.68. The molecule has 0 aliphatic carbocycles. The first kappa shape index (κ1) is 18.0. The summed E-state index contributed by atoms with van der Waals surface area (Å²) in [5, 5.41) is 15.4. The van der Waals surface area contributed by atoms with Crippen molar-refractivity contribution in [1.82, 2.24) is 20.2 Å². The van der Waals surface area contributed by atoms with Crippen LogP contribution < -0.4 is 0 Å². The molecule has 1 heterocycles. The Hall–Kier alpha value is -2.41. The van der Waals surface area contributed by atoms with Crippen molar-refractivity contribution in [2.24, 2.45) is 0 Å². The second-order valence-corrected chi connectivity index (χ2v) is 7.49. The molecule has 4 aromatic rings. The summed E-state index contributed by atoms with van der Waals surface area (Å²) in [4.78, 5) is 12.5. The van der Waals surface area contributed by atoms with Crippen molar-refractivity contribution >= 4 is 51.5 Å². The van der Waals surface area contributed by atoms with Crippen LogP contribution in [-0.4, -0.2) is 31.7 Å². The lowest BCUT2D eigenvalue weighted by Crippen LogP contribution is -2.06. The molecule has 4 rings (SSSR count). The number of nitrogens with zero attached hydrogens (tertiary/aromatic N) is 4. The van der Waals surface area contributed by atoms with Gasteiger partial charge in [-0.25, -0.2) is 0 Å². The number of thioether (sulfide) groups is 1. The van der Waals surface area contributed by atoms with Crippen molar-refractivity contribution in [3.8, 4) is 5.69 Å². The van der Waals surface area contributed by atoms with E-state index in [4.69, 9.17) is 23.2 Å². The molecule has 0 saturated carbocycles. The highest BCUT2D eigenvalue weighted by atomic mass is 35.5. The van der Waals surface area contributed by atoms with Crippen LogP contribution >= 0.6 is 35.0 Å². The van der Waals surface area contributed by atoms with Crippen molar-refractivity contribution in [3.63, 3.8) is 0 Å². The van der Waals surface area contributed by atoms with Crippen molar-refractivity contribution in [2.75, 3.05) is 5.75 Å². The SMILES string of the molecule is O=C(CSc1nnnn1-c1cccc2ccccc12)c1ccc(Cl)cc1Cl. The van der Waals surface area contributed by atoms with Gasteiger partial charge in [0.15, 0.2) is 5.78 Å².